The average molecular weight is 376 g/mol. The van der Waals surface area contributed by atoms with Gasteiger partial charge in [0.15, 0.2) is 6.10 Å². The van der Waals surface area contributed by atoms with E-state index in [1.165, 1.54) is 18.3 Å². The van der Waals surface area contributed by atoms with Crippen LogP contribution in [0, 0.1) is 11.3 Å². The molecular formula is C21H16N2O3S. The quantitative estimate of drug-likeness (QED) is 0.666. The zero-order valence-corrected chi connectivity index (χ0v) is 15.3. The number of anilines is 1. The van der Waals surface area contributed by atoms with Crippen LogP contribution in [0.1, 0.15) is 22.2 Å². The molecule has 0 aliphatic rings. The lowest BCUT2D eigenvalue weighted by atomic mass is 10.1. The average Bonchev–Trinajstić information content (AvgIpc) is 3.18. The van der Waals surface area contributed by atoms with Gasteiger partial charge in [0.05, 0.1) is 11.6 Å². The molecule has 3 aromatic rings. The van der Waals surface area contributed by atoms with Crippen LogP contribution < -0.4 is 5.32 Å². The van der Waals surface area contributed by atoms with E-state index in [1.807, 2.05) is 47.8 Å². The third-order valence-corrected chi connectivity index (χ3v) is 4.74. The maximum Gasteiger partial charge on any atom is 0.349 e. The SMILES string of the molecule is CC(OC(=O)c1sccc1-c1ccccc1)C(=O)Nc1cccc(C#N)c1. The Balaban J connectivity index is 1.68. The van der Waals surface area contributed by atoms with E-state index in [0.717, 1.165) is 11.1 Å². The maximum absolute atomic E-state index is 12.5. The van der Waals surface area contributed by atoms with Crippen LogP contribution in [-0.4, -0.2) is 18.0 Å². The van der Waals surface area contributed by atoms with Crippen molar-refractivity contribution < 1.29 is 14.3 Å². The lowest BCUT2D eigenvalue weighted by Crippen LogP contribution is -2.29. The molecule has 0 saturated carbocycles. The standard InChI is InChI=1S/C21H16N2O3S/c1-14(20(24)23-17-9-5-6-15(12-17)13-22)26-21(25)19-18(10-11-27-19)16-7-3-2-4-8-16/h2-12,14H,1H3,(H,23,24). The van der Waals surface area contributed by atoms with Gasteiger partial charge in [0.25, 0.3) is 5.91 Å². The van der Waals surface area contributed by atoms with E-state index in [-0.39, 0.29) is 0 Å². The number of thiophene rings is 1. The molecule has 1 amide bonds. The number of rotatable bonds is 5. The van der Waals surface area contributed by atoms with Crippen LogP contribution in [0.4, 0.5) is 5.69 Å². The summed E-state index contributed by atoms with van der Waals surface area (Å²) in [6, 6.07) is 19.9. The number of benzene rings is 2. The van der Waals surface area contributed by atoms with Gasteiger partial charge in [-0.3, -0.25) is 4.79 Å². The van der Waals surface area contributed by atoms with E-state index in [1.54, 1.807) is 24.3 Å². The van der Waals surface area contributed by atoms with Gasteiger partial charge in [-0.2, -0.15) is 5.26 Å². The molecule has 5 nitrogen and oxygen atoms in total. The largest absolute Gasteiger partial charge is 0.448 e. The van der Waals surface area contributed by atoms with Crippen LogP contribution in [-0.2, 0) is 9.53 Å². The molecule has 1 heterocycles. The molecule has 27 heavy (non-hydrogen) atoms. The van der Waals surface area contributed by atoms with E-state index in [2.05, 4.69) is 5.32 Å². The molecule has 0 radical (unpaired) electrons. The molecule has 1 unspecified atom stereocenters. The first kappa shape index (κ1) is 18.4. The van der Waals surface area contributed by atoms with Crippen molar-refractivity contribution in [2.75, 3.05) is 5.32 Å². The van der Waals surface area contributed by atoms with Gasteiger partial charge in [-0.1, -0.05) is 36.4 Å². The topological polar surface area (TPSA) is 79.2 Å². The van der Waals surface area contributed by atoms with Crippen LogP contribution in [0.5, 0.6) is 0 Å². The van der Waals surface area contributed by atoms with Crippen molar-refractivity contribution in [3.63, 3.8) is 0 Å². The van der Waals surface area contributed by atoms with E-state index in [0.29, 0.717) is 16.1 Å². The Morgan fingerprint density at radius 2 is 1.89 bits per heavy atom. The fourth-order valence-electron chi connectivity index (χ4n) is 2.49. The number of nitrogens with zero attached hydrogens (tertiary/aromatic N) is 1. The summed E-state index contributed by atoms with van der Waals surface area (Å²) >= 11 is 1.27. The monoisotopic (exact) mass is 376 g/mol. The number of nitriles is 1. The first-order chi connectivity index (χ1) is 13.1. The van der Waals surface area contributed by atoms with Crippen LogP contribution in [0.3, 0.4) is 0 Å². The number of esters is 1. The van der Waals surface area contributed by atoms with Gasteiger partial charge < -0.3 is 10.1 Å². The summed E-state index contributed by atoms with van der Waals surface area (Å²) in [6.07, 6.45) is -0.978. The van der Waals surface area contributed by atoms with Crippen molar-refractivity contribution in [3.05, 3.63) is 76.5 Å². The Labute approximate surface area is 160 Å². The third kappa shape index (κ3) is 4.40. The normalized spacial score (nSPS) is 11.3. The smallest absolute Gasteiger partial charge is 0.349 e. The minimum atomic E-state index is -0.978. The second kappa shape index (κ2) is 8.30. The van der Waals surface area contributed by atoms with Crippen molar-refractivity contribution in [2.45, 2.75) is 13.0 Å². The van der Waals surface area contributed by atoms with E-state index >= 15 is 0 Å². The predicted octanol–water partition coefficient (Wildman–Crippen LogP) is 4.47. The highest BCUT2D eigenvalue weighted by Crippen LogP contribution is 2.29. The molecule has 0 fully saturated rings. The van der Waals surface area contributed by atoms with Crippen LogP contribution in [0.25, 0.3) is 11.1 Å². The molecule has 1 aromatic heterocycles. The molecule has 2 aromatic carbocycles. The summed E-state index contributed by atoms with van der Waals surface area (Å²) in [4.78, 5) is 25.3. The van der Waals surface area contributed by atoms with Gasteiger partial charge in [-0.05, 0) is 42.1 Å². The highest BCUT2D eigenvalue weighted by Gasteiger charge is 2.22. The van der Waals surface area contributed by atoms with Gasteiger partial charge in [0.2, 0.25) is 0 Å². The maximum atomic E-state index is 12.5. The Kier molecular flexibility index (Phi) is 5.64. The molecule has 134 valence electrons. The fourth-order valence-corrected chi connectivity index (χ4v) is 3.29. The lowest BCUT2D eigenvalue weighted by molar-refractivity contribution is -0.123. The summed E-state index contributed by atoms with van der Waals surface area (Å²) < 4.78 is 5.34. The predicted molar refractivity (Wildman–Crippen MR) is 104 cm³/mol. The number of amides is 1. The molecule has 1 N–H and O–H groups in total. The highest BCUT2D eigenvalue weighted by atomic mass is 32.1. The van der Waals surface area contributed by atoms with Crippen LogP contribution >= 0.6 is 11.3 Å². The van der Waals surface area contributed by atoms with E-state index in [9.17, 15) is 9.59 Å². The summed E-state index contributed by atoms with van der Waals surface area (Å²) in [7, 11) is 0. The number of carbonyl (C=O) groups excluding carboxylic acids is 2. The molecule has 0 spiro atoms. The molecule has 0 aliphatic heterocycles. The first-order valence-corrected chi connectivity index (χ1v) is 9.11. The highest BCUT2D eigenvalue weighted by molar-refractivity contribution is 7.12. The van der Waals surface area contributed by atoms with Crippen molar-refractivity contribution in [2.24, 2.45) is 0 Å². The number of ether oxygens (including phenoxy) is 1. The molecule has 0 saturated heterocycles. The van der Waals surface area contributed by atoms with E-state index in [4.69, 9.17) is 10.00 Å². The first-order valence-electron chi connectivity index (χ1n) is 8.23. The minimum absolute atomic E-state index is 0.434. The Bertz CT molecular complexity index is 1010. The Morgan fingerprint density at radius 3 is 2.63 bits per heavy atom. The Hall–Kier alpha value is -3.43. The zero-order chi connectivity index (χ0) is 19.2. The van der Waals surface area contributed by atoms with Gasteiger partial charge in [0, 0.05) is 11.3 Å². The summed E-state index contributed by atoms with van der Waals surface area (Å²) in [6.45, 7) is 1.51. The van der Waals surface area contributed by atoms with Gasteiger partial charge >= 0.3 is 5.97 Å². The number of carbonyl (C=O) groups is 2. The fraction of sp³-hybridized carbons (Fsp3) is 0.0952. The molecule has 1 atom stereocenters. The molecule has 0 bridgehead atoms. The molecule has 3 rings (SSSR count). The van der Waals surface area contributed by atoms with Gasteiger partial charge in [0.1, 0.15) is 4.88 Å². The van der Waals surface area contributed by atoms with Crippen molar-refractivity contribution in [1.82, 2.24) is 0 Å². The number of hydrogen-bond donors (Lipinski definition) is 1. The van der Waals surface area contributed by atoms with Crippen molar-refractivity contribution in [3.8, 4) is 17.2 Å². The molecular weight excluding hydrogens is 360 g/mol. The molecule has 6 heteroatoms. The third-order valence-electron chi connectivity index (χ3n) is 3.85. The summed E-state index contributed by atoms with van der Waals surface area (Å²) in [5.74, 6) is -1.01. The van der Waals surface area contributed by atoms with Crippen molar-refractivity contribution in [1.29, 1.82) is 5.26 Å². The Morgan fingerprint density at radius 1 is 1.11 bits per heavy atom. The number of hydrogen-bond acceptors (Lipinski definition) is 5. The lowest BCUT2D eigenvalue weighted by Gasteiger charge is -2.14. The minimum Gasteiger partial charge on any atom is -0.448 e. The summed E-state index contributed by atoms with van der Waals surface area (Å²) in [5.41, 5.74) is 2.60. The van der Waals surface area contributed by atoms with Gasteiger partial charge in [-0.25, -0.2) is 4.79 Å². The second-order valence-corrected chi connectivity index (χ2v) is 6.67. The summed E-state index contributed by atoms with van der Waals surface area (Å²) in [5, 5.41) is 13.4. The second-order valence-electron chi connectivity index (χ2n) is 5.76. The van der Waals surface area contributed by atoms with Crippen LogP contribution in [0.2, 0.25) is 0 Å². The number of nitrogens with one attached hydrogen (secondary N) is 1. The van der Waals surface area contributed by atoms with Crippen molar-refractivity contribution >= 4 is 28.9 Å². The van der Waals surface area contributed by atoms with Crippen LogP contribution in [0.15, 0.2) is 66.0 Å². The van der Waals surface area contributed by atoms with E-state index < -0.39 is 18.0 Å². The van der Waals surface area contributed by atoms with Gasteiger partial charge in [-0.15, -0.1) is 11.3 Å². The molecule has 0 aliphatic carbocycles. The zero-order valence-electron chi connectivity index (χ0n) is 14.5.